The van der Waals surface area contributed by atoms with E-state index in [1.54, 1.807) is 17.8 Å². The van der Waals surface area contributed by atoms with Gasteiger partial charge in [0.15, 0.2) is 0 Å². The van der Waals surface area contributed by atoms with E-state index >= 15 is 0 Å². The van der Waals surface area contributed by atoms with Gasteiger partial charge in [-0.25, -0.2) is 9.97 Å². The Kier molecular flexibility index (Phi) is 6.51. The normalized spacial score (nSPS) is 17.2. The van der Waals surface area contributed by atoms with Crippen molar-refractivity contribution in [3.8, 4) is 11.4 Å². The molecule has 0 amide bonds. The van der Waals surface area contributed by atoms with Crippen molar-refractivity contribution in [2.45, 2.75) is 45.8 Å². The van der Waals surface area contributed by atoms with Crippen LogP contribution in [0, 0.1) is 6.92 Å². The minimum atomic E-state index is -0.0902. The minimum absolute atomic E-state index is 0.0217. The number of hydrogen-bond donors (Lipinski definition) is 1. The van der Waals surface area contributed by atoms with Gasteiger partial charge in [-0.1, -0.05) is 31.2 Å². The Morgan fingerprint density at radius 1 is 1.24 bits per heavy atom. The van der Waals surface area contributed by atoms with Crippen LogP contribution in [-0.2, 0) is 24.6 Å². The molecule has 0 bridgehead atoms. The van der Waals surface area contributed by atoms with Crippen molar-refractivity contribution in [1.82, 2.24) is 14.5 Å². The van der Waals surface area contributed by atoms with Gasteiger partial charge < -0.3 is 15.0 Å². The first-order valence-corrected chi connectivity index (χ1v) is 11.6. The molecule has 2 atom stereocenters. The molecule has 0 saturated carbocycles. The van der Waals surface area contributed by atoms with Gasteiger partial charge in [0.25, 0.3) is 5.56 Å². The van der Waals surface area contributed by atoms with E-state index in [0.717, 1.165) is 29.1 Å². The van der Waals surface area contributed by atoms with Crippen LogP contribution in [-0.4, -0.2) is 41.3 Å². The number of hydrogen-bond acceptors (Lipinski definition) is 6. The van der Waals surface area contributed by atoms with Gasteiger partial charge in [0, 0.05) is 45.9 Å². The van der Waals surface area contributed by atoms with E-state index in [4.69, 9.17) is 9.72 Å². The quantitative estimate of drug-likeness (QED) is 0.592. The van der Waals surface area contributed by atoms with E-state index in [2.05, 4.69) is 28.5 Å². The van der Waals surface area contributed by atoms with Gasteiger partial charge in [-0.2, -0.15) is 0 Å². The highest BCUT2D eigenvalue weighted by Crippen LogP contribution is 2.36. The molecule has 2 aromatic heterocycles. The molecule has 0 radical (unpaired) electrons. The summed E-state index contributed by atoms with van der Waals surface area (Å²) >= 11 is 0. The van der Waals surface area contributed by atoms with Gasteiger partial charge in [-0.3, -0.25) is 9.36 Å². The second kappa shape index (κ2) is 9.35. The average molecular weight is 448 g/mol. The third-order valence-electron chi connectivity index (χ3n) is 6.36. The molecule has 0 aliphatic heterocycles. The molecule has 0 fully saturated rings. The summed E-state index contributed by atoms with van der Waals surface area (Å²) in [6.45, 7) is 6.68. The smallest absolute Gasteiger partial charge is 0.277 e. The summed E-state index contributed by atoms with van der Waals surface area (Å²) in [6.07, 6.45) is 3.25. The summed E-state index contributed by atoms with van der Waals surface area (Å²) in [7, 11) is 5.70. The molecular weight excluding hydrogens is 414 g/mol. The van der Waals surface area contributed by atoms with Crippen molar-refractivity contribution in [2.24, 2.45) is 7.05 Å². The summed E-state index contributed by atoms with van der Waals surface area (Å²) in [5.74, 6) is 1.50. The molecule has 33 heavy (non-hydrogen) atoms. The molecule has 2 heterocycles. The van der Waals surface area contributed by atoms with Crippen molar-refractivity contribution in [3.05, 3.63) is 69.3 Å². The second-order valence-electron chi connectivity index (χ2n) is 8.75. The lowest BCUT2D eigenvalue weighted by molar-refractivity contribution is 0.0574. The molecule has 4 rings (SSSR count). The number of ether oxygens (including phenoxy) is 1. The first-order chi connectivity index (χ1) is 15.8. The number of aryl methyl sites for hydroxylation is 2. The zero-order chi connectivity index (χ0) is 23.7. The number of rotatable bonds is 7. The van der Waals surface area contributed by atoms with Crippen LogP contribution in [0.1, 0.15) is 42.3 Å². The van der Waals surface area contributed by atoms with Crippen molar-refractivity contribution in [2.75, 3.05) is 30.9 Å². The van der Waals surface area contributed by atoms with E-state index < -0.39 is 0 Å². The monoisotopic (exact) mass is 447 g/mol. The second-order valence-corrected chi connectivity index (χ2v) is 8.75. The van der Waals surface area contributed by atoms with E-state index in [-0.39, 0.29) is 17.7 Å². The Hall–Kier alpha value is -3.19. The van der Waals surface area contributed by atoms with E-state index in [1.807, 2.05) is 51.9 Å². The third-order valence-corrected chi connectivity index (χ3v) is 6.36. The van der Waals surface area contributed by atoms with E-state index in [9.17, 15) is 4.79 Å². The molecule has 0 saturated heterocycles. The summed E-state index contributed by atoms with van der Waals surface area (Å²) in [5.41, 5.74) is 5.54. The van der Waals surface area contributed by atoms with Gasteiger partial charge in [0.1, 0.15) is 17.3 Å². The molecule has 1 aromatic carbocycles. The molecule has 1 aliphatic rings. The first kappa shape index (κ1) is 23.0. The van der Waals surface area contributed by atoms with Crippen LogP contribution in [0.5, 0.6) is 0 Å². The molecule has 7 heteroatoms. The van der Waals surface area contributed by atoms with Gasteiger partial charge in [0.05, 0.1) is 17.8 Å². The topological polar surface area (TPSA) is 72.3 Å². The predicted octanol–water partition coefficient (Wildman–Crippen LogP) is 3.89. The maximum atomic E-state index is 13.6. The number of nitrogens with zero attached hydrogens (tertiary/aromatic N) is 4. The third kappa shape index (κ3) is 4.25. The summed E-state index contributed by atoms with van der Waals surface area (Å²) < 4.78 is 7.67. The van der Waals surface area contributed by atoms with Crippen molar-refractivity contribution < 1.29 is 4.74 Å². The minimum Gasteiger partial charge on any atom is -0.376 e. The molecule has 3 aromatic rings. The molecule has 174 valence electrons. The number of pyridine rings is 1. The highest BCUT2D eigenvalue weighted by Gasteiger charge is 2.34. The van der Waals surface area contributed by atoms with Gasteiger partial charge in [-0.05, 0) is 43.0 Å². The molecule has 0 spiro atoms. The number of nitrogens with one attached hydrogen (secondary N) is 1. The molecule has 7 nitrogen and oxygen atoms in total. The van der Waals surface area contributed by atoms with E-state index in [0.29, 0.717) is 24.5 Å². The fourth-order valence-corrected chi connectivity index (χ4v) is 4.56. The van der Waals surface area contributed by atoms with Crippen LogP contribution in [0.25, 0.3) is 11.4 Å². The van der Waals surface area contributed by atoms with Crippen LogP contribution in [0.15, 0.2) is 41.3 Å². The van der Waals surface area contributed by atoms with Gasteiger partial charge in [-0.15, -0.1) is 0 Å². The van der Waals surface area contributed by atoms with Crippen LogP contribution < -0.4 is 15.8 Å². The summed E-state index contributed by atoms with van der Waals surface area (Å²) in [6, 6.07) is 10.3. The van der Waals surface area contributed by atoms with E-state index in [1.165, 1.54) is 11.1 Å². The average Bonchev–Trinajstić information content (AvgIpc) is 3.14. The van der Waals surface area contributed by atoms with Crippen molar-refractivity contribution in [3.63, 3.8) is 0 Å². The molecule has 1 aliphatic carbocycles. The highest BCUT2D eigenvalue weighted by molar-refractivity contribution is 5.64. The van der Waals surface area contributed by atoms with Crippen LogP contribution in [0.3, 0.4) is 0 Å². The summed E-state index contributed by atoms with van der Waals surface area (Å²) in [5, 5.41) is 3.53. The fraction of sp³-hybridized carbons (Fsp3) is 0.423. The first-order valence-electron chi connectivity index (χ1n) is 11.6. The Morgan fingerprint density at radius 3 is 2.67 bits per heavy atom. The predicted molar refractivity (Wildman–Crippen MR) is 133 cm³/mol. The van der Waals surface area contributed by atoms with Gasteiger partial charge in [0.2, 0.25) is 0 Å². The number of fused-ring (bicyclic) bond motifs is 1. The van der Waals surface area contributed by atoms with Gasteiger partial charge >= 0.3 is 0 Å². The van der Waals surface area contributed by atoms with Crippen molar-refractivity contribution in [1.29, 1.82) is 0 Å². The lowest BCUT2D eigenvalue weighted by Crippen LogP contribution is -2.31. The Labute approximate surface area is 195 Å². The Balaban J connectivity index is 1.77. The largest absolute Gasteiger partial charge is 0.376 e. The maximum Gasteiger partial charge on any atom is 0.277 e. The number of benzene rings is 1. The zero-order valence-corrected chi connectivity index (χ0v) is 20.3. The number of anilines is 2. The highest BCUT2D eigenvalue weighted by atomic mass is 16.5. The fourth-order valence-electron chi connectivity index (χ4n) is 4.56. The standard InChI is InChI=1S/C26H33N5O2/c1-7-20-24(29-23-18-12-10-9-11-17(18)14-21(23)33-8-2)26(32)31(6)25(28-20)19-15-27-22(30(4)5)13-16(19)3/h9-13,15,21,23,29H,7-8,14H2,1-6H3/t21-,23?/m0/s1. The van der Waals surface area contributed by atoms with Crippen LogP contribution >= 0.6 is 0 Å². The lowest BCUT2D eigenvalue weighted by atomic mass is 10.1. The SMILES string of the molecule is CCO[C@H]1Cc2ccccc2C1Nc1c(CC)nc(-c2cnc(N(C)C)cc2C)n(C)c1=O. The molecular formula is C26H33N5O2. The summed E-state index contributed by atoms with van der Waals surface area (Å²) in [4.78, 5) is 25.0. The molecule has 1 N–H and O–H groups in total. The van der Waals surface area contributed by atoms with Crippen LogP contribution in [0.4, 0.5) is 11.5 Å². The Bertz CT molecular complexity index is 1220. The Morgan fingerprint density at radius 2 is 2.00 bits per heavy atom. The van der Waals surface area contributed by atoms with Crippen molar-refractivity contribution >= 4 is 11.5 Å². The number of aromatic nitrogens is 3. The van der Waals surface area contributed by atoms with Crippen LogP contribution in [0.2, 0.25) is 0 Å². The zero-order valence-electron chi connectivity index (χ0n) is 20.3. The maximum absolute atomic E-state index is 13.6. The molecule has 1 unspecified atom stereocenters. The lowest BCUT2D eigenvalue weighted by Gasteiger charge is -2.24.